The molecule has 1 aromatic heterocycles. The van der Waals surface area contributed by atoms with E-state index < -0.39 is 0 Å². The lowest BCUT2D eigenvalue weighted by Crippen LogP contribution is -2.45. The molecule has 0 bridgehead atoms. The molecule has 152 valence electrons. The highest BCUT2D eigenvalue weighted by Crippen LogP contribution is 2.22. The number of likely N-dealkylation sites (tertiary alicyclic amines) is 1. The Morgan fingerprint density at radius 3 is 2.62 bits per heavy atom. The summed E-state index contributed by atoms with van der Waals surface area (Å²) in [5.41, 5.74) is 4.61. The number of rotatable bonds is 7. The minimum Gasteiger partial charge on any atom is -0.299 e. The fraction of sp³-hybridized carbons (Fsp3) is 0.429. The van der Waals surface area contributed by atoms with E-state index in [1.165, 1.54) is 24.6 Å². The molecular weight excluding hydrogens is 388 g/mol. The fourth-order valence-electron chi connectivity index (χ4n) is 3.30. The molecule has 2 aromatic rings. The Morgan fingerprint density at radius 2 is 2.00 bits per heavy atom. The quantitative estimate of drug-likeness (QED) is 0.701. The number of carbonyl (C=O) groups is 1. The molecule has 1 aliphatic heterocycles. The van der Waals surface area contributed by atoms with Gasteiger partial charge in [0.15, 0.2) is 5.82 Å². The highest BCUT2D eigenvalue weighted by atomic mass is 35.5. The highest BCUT2D eigenvalue weighted by Gasteiger charge is 2.19. The summed E-state index contributed by atoms with van der Waals surface area (Å²) < 4.78 is 0. The summed E-state index contributed by atoms with van der Waals surface area (Å²) in [5.74, 6) is 0.283. The minimum atomic E-state index is -0.258. The van der Waals surface area contributed by atoms with E-state index >= 15 is 0 Å². The van der Waals surface area contributed by atoms with Crippen LogP contribution in [-0.4, -0.2) is 40.4 Å². The van der Waals surface area contributed by atoms with Crippen molar-refractivity contribution < 1.29 is 4.79 Å². The number of anilines is 1. The second-order valence-electron chi connectivity index (χ2n) is 7.60. The number of amides is 1. The van der Waals surface area contributed by atoms with E-state index in [-0.39, 0.29) is 22.7 Å². The number of nitrogens with one attached hydrogen (secondary N) is 1. The van der Waals surface area contributed by atoms with Gasteiger partial charge in [-0.3, -0.25) is 20.1 Å². The first-order valence-corrected chi connectivity index (χ1v) is 10.2. The largest absolute Gasteiger partial charge is 0.299 e. The molecule has 0 atom stereocenters. The van der Waals surface area contributed by atoms with Crippen molar-refractivity contribution in [3.8, 4) is 6.07 Å². The summed E-state index contributed by atoms with van der Waals surface area (Å²) in [4.78, 5) is 23.3. The third-order valence-corrected chi connectivity index (χ3v) is 4.95. The topological polar surface area (TPSA) is 85.2 Å². The molecule has 0 aliphatic carbocycles. The SMILES string of the molecule is CC(C)CN(NC(=O)c1ccc(CN2CCCC2)cc1)c1nc(C#N)ncc1Cl. The van der Waals surface area contributed by atoms with E-state index in [1.54, 1.807) is 5.01 Å². The van der Waals surface area contributed by atoms with Crippen LogP contribution in [0.5, 0.6) is 0 Å². The second-order valence-corrected chi connectivity index (χ2v) is 8.01. The van der Waals surface area contributed by atoms with Gasteiger partial charge in [-0.25, -0.2) is 4.98 Å². The number of nitrogens with zero attached hydrogens (tertiary/aromatic N) is 5. The van der Waals surface area contributed by atoms with Crippen molar-refractivity contribution in [3.05, 3.63) is 52.4 Å². The van der Waals surface area contributed by atoms with Crippen molar-refractivity contribution in [2.45, 2.75) is 33.2 Å². The summed E-state index contributed by atoms with van der Waals surface area (Å²) >= 11 is 6.23. The van der Waals surface area contributed by atoms with Crippen LogP contribution < -0.4 is 10.4 Å². The van der Waals surface area contributed by atoms with Crippen molar-refractivity contribution in [3.63, 3.8) is 0 Å². The molecule has 29 heavy (non-hydrogen) atoms. The van der Waals surface area contributed by atoms with E-state index in [1.807, 2.05) is 44.2 Å². The Morgan fingerprint density at radius 1 is 1.31 bits per heavy atom. The van der Waals surface area contributed by atoms with E-state index in [9.17, 15) is 4.79 Å². The molecular formula is C21H25ClN6O. The Bertz CT molecular complexity index is 887. The number of halogens is 1. The van der Waals surface area contributed by atoms with Gasteiger partial charge in [0.1, 0.15) is 11.1 Å². The van der Waals surface area contributed by atoms with E-state index in [0.717, 1.165) is 19.6 Å². The zero-order valence-electron chi connectivity index (χ0n) is 16.7. The van der Waals surface area contributed by atoms with Crippen molar-refractivity contribution in [1.82, 2.24) is 20.3 Å². The molecule has 0 unspecified atom stereocenters. The Balaban J connectivity index is 1.73. The molecule has 1 saturated heterocycles. The summed E-state index contributed by atoms with van der Waals surface area (Å²) in [6.45, 7) is 7.71. The summed E-state index contributed by atoms with van der Waals surface area (Å²) in [6.07, 6.45) is 3.88. The standard InChI is InChI=1S/C21H25ClN6O/c1-15(2)13-28(20-18(22)12-24-19(11-23)25-20)26-21(29)17-7-5-16(6-8-17)14-27-9-3-4-10-27/h5-8,12,15H,3-4,9-10,13-14H2,1-2H3,(H,26,29). The van der Waals surface area contributed by atoms with E-state index in [4.69, 9.17) is 16.9 Å². The molecule has 8 heteroatoms. The molecule has 7 nitrogen and oxygen atoms in total. The van der Waals surface area contributed by atoms with Crippen LogP contribution in [0.2, 0.25) is 5.02 Å². The number of hydrogen-bond donors (Lipinski definition) is 1. The molecule has 1 aromatic carbocycles. The molecule has 1 N–H and O–H groups in total. The summed E-state index contributed by atoms with van der Waals surface area (Å²) in [5, 5.41) is 10.9. The zero-order valence-corrected chi connectivity index (χ0v) is 17.5. The molecule has 1 fully saturated rings. The number of nitriles is 1. The van der Waals surface area contributed by atoms with Gasteiger partial charge in [-0.1, -0.05) is 37.6 Å². The first-order valence-electron chi connectivity index (χ1n) is 9.78. The maximum absolute atomic E-state index is 12.8. The van der Waals surface area contributed by atoms with Crippen LogP contribution in [0.25, 0.3) is 0 Å². The molecule has 0 saturated carbocycles. The number of hydrazine groups is 1. The summed E-state index contributed by atoms with van der Waals surface area (Å²) in [7, 11) is 0. The van der Waals surface area contributed by atoms with E-state index in [0.29, 0.717) is 17.9 Å². The first-order chi connectivity index (χ1) is 14.0. The number of hydrogen-bond acceptors (Lipinski definition) is 6. The van der Waals surface area contributed by atoms with Crippen molar-refractivity contribution >= 4 is 23.3 Å². The number of carbonyl (C=O) groups excluding carboxylic acids is 1. The summed E-state index contributed by atoms with van der Waals surface area (Å²) in [6, 6.07) is 9.54. The molecule has 3 rings (SSSR count). The minimum absolute atomic E-state index is 0.00123. The van der Waals surface area contributed by atoms with Gasteiger partial charge in [0.2, 0.25) is 5.82 Å². The Labute approximate surface area is 176 Å². The highest BCUT2D eigenvalue weighted by molar-refractivity contribution is 6.32. The van der Waals surface area contributed by atoms with Crippen molar-refractivity contribution in [2.24, 2.45) is 5.92 Å². The predicted octanol–water partition coefficient (Wildman–Crippen LogP) is 3.40. The van der Waals surface area contributed by atoms with Crippen molar-refractivity contribution in [1.29, 1.82) is 5.26 Å². The van der Waals surface area contributed by atoms with Crippen molar-refractivity contribution in [2.75, 3.05) is 24.6 Å². The van der Waals surface area contributed by atoms with Gasteiger partial charge in [0.05, 0.1) is 6.20 Å². The van der Waals surface area contributed by atoms with Crippen LogP contribution in [-0.2, 0) is 6.54 Å². The Hall–Kier alpha value is -2.69. The van der Waals surface area contributed by atoms with Gasteiger partial charge in [-0.05, 0) is 49.5 Å². The van der Waals surface area contributed by atoms with E-state index in [2.05, 4.69) is 20.3 Å². The normalized spacial score (nSPS) is 14.0. The van der Waals surface area contributed by atoms with Crippen LogP contribution in [0.1, 0.15) is 48.4 Å². The molecule has 1 amide bonds. The smallest absolute Gasteiger partial charge is 0.269 e. The lowest BCUT2D eigenvalue weighted by Gasteiger charge is -2.26. The number of aromatic nitrogens is 2. The van der Waals surface area contributed by atoms with Gasteiger partial charge >= 0.3 is 0 Å². The zero-order chi connectivity index (χ0) is 20.8. The van der Waals surface area contributed by atoms with Crippen LogP contribution in [0.3, 0.4) is 0 Å². The van der Waals surface area contributed by atoms with Crippen LogP contribution in [0, 0.1) is 17.2 Å². The predicted molar refractivity (Wildman–Crippen MR) is 112 cm³/mol. The van der Waals surface area contributed by atoms with Gasteiger partial charge < -0.3 is 0 Å². The number of benzene rings is 1. The average molecular weight is 413 g/mol. The Kier molecular flexibility index (Phi) is 7.02. The lowest BCUT2D eigenvalue weighted by atomic mass is 10.1. The second kappa shape index (κ2) is 9.68. The third-order valence-electron chi connectivity index (χ3n) is 4.69. The third kappa shape index (κ3) is 5.66. The monoisotopic (exact) mass is 412 g/mol. The van der Waals surface area contributed by atoms with Gasteiger partial charge in [-0.15, -0.1) is 0 Å². The molecule has 0 radical (unpaired) electrons. The molecule has 0 spiro atoms. The average Bonchev–Trinajstić information content (AvgIpc) is 3.21. The van der Waals surface area contributed by atoms with Gasteiger partial charge in [0, 0.05) is 18.7 Å². The first kappa shape index (κ1) is 21.0. The van der Waals surface area contributed by atoms with Gasteiger partial charge in [0.25, 0.3) is 5.91 Å². The maximum Gasteiger partial charge on any atom is 0.269 e. The van der Waals surface area contributed by atoms with Crippen LogP contribution in [0.15, 0.2) is 30.5 Å². The maximum atomic E-state index is 12.8. The van der Waals surface area contributed by atoms with Crippen LogP contribution >= 0.6 is 11.6 Å². The molecule has 1 aliphatic rings. The lowest BCUT2D eigenvalue weighted by molar-refractivity contribution is 0.0947. The van der Waals surface area contributed by atoms with Gasteiger partial charge in [-0.2, -0.15) is 10.2 Å². The molecule has 2 heterocycles. The fourth-order valence-corrected chi connectivity index (χ4v) is 3.49. The van der Waals surface area contributed by atoms with Crippen LogP contribution in [0.4, 0.5) is 5.82 Å².